The van der Waals surface area contributed by atoms with Gasteiger partial charge in [0.2, 0.25) is 0 Å². The number of ether oxygens (including phenoxy) is 3. The number of amides is 1. The van der Waals surface area contributed by atoms with Gasteiger partial charge < -0.3 is 19.5 Å². The first-order chi connectivity index (χ1) is 11.5. The maximum atomic E-state index is 12.4. The number of hydrogen-bond acceptors (Lipinski definition) is 4. The van der Waals surface area contributed by atoms with E-state index in [4.69, 9.17) is 14.2 Å². The highest BCUT2D eigenvalue weighted by atomic mass is 16.5. The van der Waals surface area contributed by atoms with Crippen LogP contribution in [0.1, 0.15) is 18.1 Å². The Hall–Kier alpha value is -2.69. The second kappa shape index (κ2) is 7.73. The third kappa shape index (κ3) is 3.98. The number of carbonyl (C=O) groups is 1. The molecule has 0 fully saturated rings. The van der Waals surface area contributed by atoms with Gasteiger partial charge in [0.1, 0.15) is 17.2 Å². The lowest BCUT2D eigenvalue weighted by molar-refractivity contribution is -0.122. The van der Waals surface area contributed by atoms with Crippen LogP contribution in [-0.4, -0.2) is 26.2 Å². The van der Waals surface area contributed by atoms with Crippen LogP contribution in [0.3, 0.4) is 0 Å². The molecule has 2 rings (SSSR count). The summed E-state index contributed by atoms with van der Waals surface area (Å²) in [6.07, 6.45) is -0.651. The topological polar surface area (TPSA) is 56.8 Å². The molecule has 128 valence electrons. The van der Waals surface area contributed by atoms with Gasteiger partial charge in [-0.25, -0.2) is 0 Å². The van der Waals surface area contributed by atoms with Crippen molar-refractivity contribution in [3.05, 3.63) is 47.5 Å². The molecule has 0 aromatic heterocycles. The van der Waals surface area contributed by atoms with Crippen molar-refractivity contribution in [2.45, 2.75) is 26.9 Å². The lowest BCUT2D eigenvalue weighted by Crippen LogP contribution is -2.30. The summed E-state index contributed by atoms with van der Waals surface area (Å²) in [7, 11) is 3.12. The van der Waals surface area contributed by atoms with Crippen molar-refractivity contribution < 1.29 is 19.0 Å². The number of carbonyl (C=O) groups excluding carboxylic acids is 1. The maximum absolute atomic E-state index is 12.4. The van der Waals surface area contributed by atoms with Crippen LogP contribution in [0.2, 0.25) is 0 Å². The number of aryl methyl sites for hydroxylation is 1. The Balaban J connectivity index is 2.13. The molecule has 0 aliphatic heterocycles. The highest BCUT2D eigenvalue weighted by Gasteiger charge is 2.18. The Kier molecular flexibility index (Phi) is 5.68. The summed E-state index contributed by atoms with van der Waals surface area (Å²) in [5.41, 5.74) is 2.68. The van der Waals surface area contributed by atoms with Crippen LogP contribution < -0.4 is 19.5 Å². The molecule has 1 N–H and O–H groups in total. The first-order valence-corrected chi connectivity index (χ1v) is 7.72. The van der Waals surface area contributed by atoms with E-state index in [1.807, 2.05) is 32.0 Å². The average molecular weight is 329 g/mol. The first kappa shape index (κ1) is 17.7. The summed E-state index contributed by atoms with van der Waals surface area (Å²) < 4.78 is 16.3. The van der Waals surface area contributed by atoms with Gasteiger partial charge in [0.25, 0.3) is 5.91 Å². The van der Waals surface area contributed by atoms with Crippen LogP contribution >= 0.6 is 0 Å². The second-order valence-electron chi connectivity index (χ2n) is 5.51. The summed E-state index contributed by atoms with van der Waals surface area (Å²) in [6, 6.07) is 11.0. The fraction of sp³-hybridized carbons (Fsp3) is 0.316. The average Bonchev–Trinajstić information content (AvgIpc) is 2.58. The standard InChI is InChI=1S/C19H23NO4/c1-12-7-6-8-17(13(12)2)24-14(3)19(21)20-16-11-15(22-4)9-10-18(16)23-5/h6-11,14H,1-5H3,(H,20,21). The molecule has 2 aromatic rings. The second-order valence-corrected chi connectivity index (χ2v) is 5.51. The first-order valence-electron chi connectivity index (χ1n) is 7.72. The summed E-state index contributed by atoms with van der Waals surface area (Å²) in [4.78, 5) is 12.4. The molecule has 0 aliphatic carbocycles. The quantitative estimate of drug-likeness (QED) is 0.877. The van der Waals surface area contributed by atoms with Gasteiger partial charge in [-0.15, -0.1) is 0 Å². The highest BCUT2D eigenvalue weighted by molar-refractivity contribution is 5.95. The lowest BCUT2D eigenvalue weighted by Gasteiger charge is -2.18. The maximum Gasteiger partial charge on any atom is 0.265 e. The summed E-state index contributed by atoms with van der Waals surface area (Å²) in [5, 5.41) is 2.82. The van der Waals surface area contributed by atoms with E-state index < -0.39 is 6.10 Å². The van der Waals surface area contributed by atoms with E-state index in [0.717, 1.165) is 11.1 Å². The number of benzene rings is 2. The van der Waals surface area contributed by atoms with Gasteiger partial charge in [-0.05, 0) is 50.1 Å². The number of anilines is 1. The molecular formula is C19H23NO4. The van der Waals surface area contributed by atoms with Crippen LogP contribution in [0.25, 0.3) is 0 Å². The van der Waals surface area contributed by atoms with Crippen molar-refractivity contribution in [3.8, 4) is 17.2 Å². The highest BCUT2D eigenvalue weighted by Crippen LogP contribution is 2.29. The molecule has 0 radical (unpaired) electrons. The molecule has 5 nitrogen and oxygen atoms in total. The number of hydrogen-bond donors (Lipinski definition) is 1. The number of nitrogens with one attached hydrogen (secondary N) is 1. The molecule has 0 spiro atoms. The van der Waals surface area contributed by atoms with Crippen LogP contribution in [0.4, 0.5) is 5.69 Å². The Bertz CT molecular complexity index is 727. The third-order valence-corrected chi connectivity index (χ3v) is 3.89. The molecule has 0 saturated carbocycles. The van der Waals surface area contributed by atoms with Crippen molar-refractivity contribution >= 4 is 11.6 Å². The van der Waals surface area contributed by atoms with E-state index in [0.29, 0.717) is 22.9 Å². The minimum Gasteiger partial charge on any atom is -0.497 e. The Morgan fingerprint density at radius 3 is 2.46 bits per heavy atom. The van der Waals surface area contributed by atoms with Crippen LogP contribution in [0.5, 0.6) is 17.2 Å². The monoisotopic (exact) mass is 329 g/mol. The van der Waals surface area contributed by atoms with Crippen molar-refractivity contribution in [1.29, 1.82) is 0 Å². The van der Waals surface area contributed by atoms with Gasteiger partial charge in [-0.3, -0.25) is 4.79 Å². The van der Waals surface area contributed by atoms with Crippen LogP contribution in [0, 0.1) is 13.8 Å². The van der Waals surface area contributed by atoms with E-state index in [1.54, 1.807) is 39.3 Å². The van der Waals surface area contributed by atoms with Gasteiger partial charge in [-0.2, -0.15) is 0 Å². The van der Waals surface area contributed by atoms with E-state index in [2.05, 4.69) is 5.32 Å². The minimum atomic E-state index is -0.651. The lowest BCUT2D eigenvalue weighted by atomic mass is 10.1. The fourth-order valence-electron chi connectivity index (χ4n) is 2.24. The molecule has 2 aromatic carbocycles. The van der Waals surface area contributed by atoms with Gasteiger partial charge in [0.05, 0.1) is 19.9 Å². The largest absolute Gasteiger partial charge is 0.497 e. The fourth-order valence-corrected chi connectivity index (χ4v) is 2.24. The SMILES string of the molecule is COc1ccc(OC)c(NC(=O)C(C)Oc2cccc(C)c2C)c1. The molecule has 1 atom stereocenters. The minimum absolute atomic E-state index is 0.262. The van der Waals surface area contributed by atoms with Gasteiger partial charge in [0.15, 0.2) is 6.10 Å². The van der Waals surface area contributed by atoms with Gasteiger partial charge in [-0.1, -0.05) is 12.1 Å². The molecule has 1 unspecified atom stereocenters. The Morgan fingerprint density at radius 2 is 1.79 bits per heavy atom. The van der Waals surface area contributed by atoms with E-state index >= 15 is 0 Å². The third-order valence-electron chi connectivity index (χ3n) is 3.89. The van der Waals surface area contributed by atoms with Crippen LogP contribution in [0.15, 0.2) is 36.4 Å². The smallest absolute Gasteiger partial charge is 0.265 e. The predicted octanol–water partition coefficient (Wildman–Crippen LogP) is 3.73. The predicted molar refractivity (Wildman–Crippen MR) is 94.2 cm³/mol. The van der Waals surface area contributed by atoms with Gasteiger partial charge >= 0.3 is 0 Å². The summed E-state index contributed by atoms with van der Waals surface area (Å²) >= 11 is 0. The normalized spacial score (nSPS) is 11.5. The Labute approximate surface area is 142 Å². The van der Waals surface area contributed by atoms with E-state index in [-0.39, 0.29) is 5.91 Å². The molecule has 0 bridgehead atoms. The zero-order chi connectivity index (χ0) is 17.7. The van der Waals surface area contributed by atoms with E-state index in [9.17, 15) is 4.79 Å². The van der Waals surface area contributed by atoms with E-state index in [1.165, 1.54) is 0 Å². The molecule has 1 amide bonds. The number of rotatable bonds is 6. The van der Waals surface area contributed by atoms with Crippen molar-refractivity contribution in [2.24, 2.45) is 0 Å². The van der Waals surface area contributed by atoms with Crippen molar-refractivity contribution in [1.82, 2.24) is 0 Å². The zero-order valence-corrected chi connectivity index (χ0v) is 14.7. The summed E-state index contributed by atoms with van der Waals surface area (Å²) in [6.45, 7) is 5.69. The number of methoxy groups -OCH3 is 2. The molecule has 5 heteroatoms. The zero-order valence-electron chi connectivity index (χ0n) is 14.7. The Morgan fingerprint density at radius 1 is 1.04 bits per heavy atom. The van der Waals surface area contributed by atoms with Crippen LogP contribution in [-0.2, 0) is 4.79 Å². The molecule has 0 aliphatic rings. The van der Waals surface area contributed by atoms with Gasteiger partial charge in [0, 0.05) is 6.07 Å². The molecule has 0 saturated heterocycles. The molecule has 24 heavy (non-hydrogen) atoms. The van der Waals surface area contributed by atoms with Crippen molar-refractivity contribution in [3.63, 3.8) is 0 Å². The molecule has 0 heterocycles. The van der Waals surface area contributed by atoms with Crippen molar-refractivity contribution in [2.75, 3.05) is 19.5 Å². The molecular weight excluding hydrogens is 306 g/mol. The summed E-state index contributed by atoms with van der Waals surface area (Å²) in [5.74, 6) is 1.63.